The summed E-state index contributed by atoms with van der Waals surface area (Å²) in [6.45, 7) is 3.41. The summed E-state index contributed by atoms with van der Waals surface area (Å²) in [5, 5.41) is 12.3. The maximum atomic E-state index is 12.0. The van der Waals surface area contributed by atoms with Crippen LogP contribution < -0.4 is 5.32 Å². The summed E-state index contributed by atoms with van der Waals surface area (Å²) in [4.78, 5) is 25.6. The van der Waals surface area contributed by atoms with Gasteiger partial charge in [0, 0.05) is 37.5 Å². The number of aliphatic hydroxyl groups excluding tert-OH is 1. The van der Waals surface area contributed by atoms with Crippen LogP contribution in [-0.4, -0.2) is 47.6 Å². The third-order valence-electron chi connectivity index (χ3n) is 3.92. The summed E-state index contributed by atoms with van der Waals surface area (Å²) in [7, 11) is 0. The van der Waals surface area contributed by atoms with E-state index in [0.29, 0.717) is 31.6 Å². The average Bonchev–Trinajstić information content (AvgIpc) is 2.98. The van der Waals surface area contributed by atoms with Gasteiger partial charge in [-0.2, -0.15) is 0 Å². The molecule has 1 aliphatic heterocycles. The zero-order valence-electron chi connectivity index (χ0n) is 12.3. The van der Waals surface area contributed by atoms with Gasteiger partial charge in [-0.25, -0.2) is 0 Å². The molecule has 1 aromatic rings. The molecule has 5 nitrogen and oxygen atoms in total. The predicted octanol–water partition coefficient (Wildman–Crippen LogP) is 1.04. The van der Waals surface area contributed by atoms with Crippen molar-refractivity contribution in [2.45, 2.75) is 25.9 Å². The van der Waals surface area contributed by atoms with Crippen molar-refractivity contribution in [3.05, 3.63) is 35.9 Å². The molecule has 1 aliphatic rings. The molecule has 2 atom stereocenters. The molecule has 5 heteroatoms. The first kappa shape index (κ1) is 15.5. The van der Waals surface area contributed by atoms with Crippen LogP contribution in [0.4, 0.5) is 0 Å². The van der Waals surface area contributed by atoms with E-state index in [2.05, 4.69) is 5.32 Å². The van der Waals surface area contributed by atoms with E-state index in [1.807, 2.05) is 6.07 Å². The Morgan fingerprint density at radius 1 is 1.38 bits per heavy atom. The standard InChI is InChI=1S/C16H22N2O3/c1-12(19)14-8-10-18(11-14)15(20)7-9-17-16(21)13-5-3-2-4-6-13/h2-6,12,14,19H,7-11H2,1H3,(H,17,21). The Morgan fingerprint density at radius 2 is 2.10 bits per heavy atom. The van der Waals surface area contributed by atoms with Crippen molar-refractivity contribution < 1.29 is 14.7 Å². The van der Waals surface area contributed by atoms with Crippen LogP contribution in [0.25, 0.3) is 0 Å². The van der Waals surface area contributed by atoms with E-state index < -0.39 is 0 Å². The van der Waals surface area contributed by atoms with Crippen molar-refractivity contribution in [3.63, 3.8) is 0 Å². The second kappa shape index (κ2) is 7.22. The maximum Gasteiger partial charge on any atom is 0.251 e. The van der Waals surface area contributed by atoms with Crippen molar-refractivity contribution in [1.82, 2.24) is 10.2 Å². The quantitative estimate of drug-likeness (QED) is 0.851. The van der Waals surface area contributed by atoms with Crippen LogP contribution in [0.1, 0.15) is 30.1 Å². The zero-order valence-corrected chi connectivity index (χ0v) is 12.3. The molecule has 0 aromatic heterocycles. The molecule has 1 aromatic carbocycles. The van der Waals surface area contributed by atoms with Gasteiger partial charge in [0.05, 0.1) is 6.10 Å². The minimum absolute atomic E-state index is 0.0338. The second-order valence-corrected chi connectivity index (χ2v) is 5.50. The fourth-order valence-electron chi connectivity index (χ4n) is 2.54. The lowest BCUT2D eigenvalue weighted by Gasteiger charge is -2.17. The van der Waals surface area contributed by atoms with Gasteiger partial charge in [-0.1, -0.05) is 18.2 Å². The first-order valence-electron chi connectivity index (χ1n) is 7.37. The Labute approximate surface area is 125 Å². The lowest BCUT2D eigenvalue weighted by atomic mass is 10.0. The van der Waals surface area contributed by atoms with Gasteiger partial charge < -0.3 is 15.3 Å². The van der Waals surface area contributed by atoms with E-state index >= 15 is 0 Å². The van der Waals surface area contributed by atoms with Crippen molar-refractivity contribution in [2.24, 2.45) is 5.92 Å². The number of likely N-dealkylation sites (tertiary alicyclic amines) is 1. The minimum Gasteiger partial charge on any atom is -0.393 e. The third-order valence-corrected chi connectivity index (χ3v) is 3.92. The second-order valence-electron chi connectivity index (χ2n) is 5.50. The maximum absolute atomic E-state index is 12.0. The van der Waals surface area contributed by atoms with E-state index in [0.717, 1.165) is 6.42 Å². The Hall–Kier alpha value is -1.88. The van der Waals surface area contributed by atoms with Gasteiger partial charge >= 0.3 is 0 Å². The molecule has 1 heterocycles. The summed E-state index contributed by atoms with van der Waals surface area (Å²) in [5.41, 5.74) is 0.597. The number of hydrogen-bond acceptors (Lipinski definition) is 3. The average molecular weight is 290 g/mol. The summed E-state index contributed by atoms with van der Waals surface area (Å²) in [6.07, 6.45) is 0.769. The smallest absolute Gasteiger partial charge is 0.251 e. The first-order valence-corrected chi connectivity index (χ1v) is 7.37. The first-order chi connectivity index (χ1) is 10.1. The van der Waals surface area contributed by atoms with Gasteiger partial charge in [-0.15, -0.1) is 0 Å². The monoisotopic (exact) mass is 290 g/mol. The summed E-state index contributed by atoms with van der Waals surface area (Å²) in [6, 6.07) is 8.95. The molecule has 2 rings (SSSR count). The molecule has 2 unspecified atom stereocenters. The zero-order chi connectivity index (χ0) is 15.2. The molecule has 114 valence electrons. The van der Waals surface area contributed by atoms with E-state index in [1.54, 1.807) is 36.1 Å². The molecule has 2 amide bonds. The highest BCUT2D eigenvalue weighted by molar-refractivity contribution is 5.94. The van der Waals surface area contributed by atoms with Crippen LogP contribution in [0.15, 0.2) is 30.3 Å². The molecule has 2 N–H and O–H groups in total. The van der Waals surface area contributed by atoms with Gasteiger partial charge in [0.15, 0.2) is 0 Å². The van der Waals surface area contributed by atoms with Gasteiger partial charge in [0.1, 0.15) is 0 Å². The molecule has 0 aliphatic carbocycles. The van der Waals surface area contributed by atoms with E-state index in [1.165, 1.54) is 0 Å². The number of benzene rings is 1. The molecule has 0 bridgehead atoms. The molecular formula is C16H22N2O3. The minimum atomic E-state index is -0.374. The number of nitrogens with zero attached hydrogens (tertiary/aromatic N) is 1. The van der Waals surface area contributed by atoms with E-state index in [9.17, 15) is 14.7 Å². The van der Waals surface area contributed by atoms with Crippen LogP contribution in [0.3, 0.4) is 0 Å². The normalized spacial score (nSPS) is 19.3. The molecule has 0 spiro atoms. The number of aliphatic hydroxyl groups is 1. The lowest BCUT2D eigenvalue weighted by Crippen LogP contribution is -2.34. The molecular weight excluding hydrogens is 268 g/mol. The highest BCUT2D eigenvalue weighted by atomic mass is 16.3. The van der Waals surface area contributed by atoms with Crippen molar-refractivity contribution in [3.8, 4) is 0 Å². The SMILES string of the molecule is CC(O)C1CCN(C(=O)CCNC(=O)c2ccccc2)C1. The van der Waals surface area contributed by atoms with Gasteiger partial charge in [0.2, 0.25) is 5.91 Å². The highest BCUT2D eigenvalue weighted by Gasteiger charge is 2.28. The molecule has 0 saturated carbocycles. The Balaban J connectivity index is 1.72. The van der Waals surface area contributed by atoms with Crippen molar-refractivity contribution in [2.75, 3.05) is 19.6 Å². The fraction of sp³-hybridized carbons (Fsp3) is 0.500. The number of carbonyl (C=O) groups is 2. The van der Waals surface area contributed by atoms with Crippen LogP contribution in [0.5, 0.6) is 0 Å². The highest BCUT2D eigenvalue weighted by Crippen LogP contribution is 2.19. The molecule has 0 radical (unpaired) electrons. The van der Waals surface area contributed by atoms with Crippen LogP contribution in [0, 0.1) is 5.92 Å². The van der Waals surface area contributed by atoms with Crippen molar-refractivity contribution in [1.29, 1.82) is 0 Å². The van der Waals surface area contributed by atoms with Crippen LogP contribution in [-0.2, 0) is 4.79 Å². The van der Waals surface area contributed by atoms with Gasteiger partial charge in [-0.05, 0) is 25.5 Å². The largest absolute Gasteiger partial charge is 0.393 e. The third kappa shape index (κ3) is 4.29. The van der Waals surface area contributed by atoms with Crippen LogP contribution in [0.2, 0.25) is 0 Å². The Morgan fingerprint density at radius 3 is 2.71 bits per heavy atom. The van der Waals surface area contributed by atoms with Gasteiger partial charge in [0.25, 0.3) is 5.91 Å². The van der Waals surface area contributed by atoms with Crippen LogP contribution >= 0.6 is 0 Å². The Bertz CT molecular complexity index is 488. The fourth-order valence-corrected chi connectivity index (χ4v) is 2.54. The number of amides is 2. The molecule has 21 heavy (non-hydrogen) atoms. The predicted molar refractivity (Wildman–Crippen MR) is 79.8 cm³/mol. The van der Waals surface area contributed by atoms with Crippen molar-refractivity contribution >= 4 is 11.8 Å². The van der Waals surface area contributed by atoms with E-state index in [4.69, 9.17) is 0 Å². The number of carbonyl (C=O) groups excluding carboxylic acids is 2. The number of nitrogens with one attached hydrogen (secondary N) is 1. The molecule has 1 saturated heterocycles. The van der Waals surface area contributed by atoms with Gasteiger partial charge in [-0.3, -0.25) is 9.59 Å². The topological polar surface area (TPSA) is 69.6 Å². The number of hydrogen-bond donors (Lipinski definition) is 2. The summed E-state index contributed by atoms with van der Waals surface area (Å²) < 4.78 is 0. The van der Waals surface area contributed by atoms with E-state index in [-0.39, 0.29) is 23.8 Å². The molecule has 1 fully saturated rings. The number of rotatable bonds is 5. The summed E-state index contributed by atoms with van der Waals surface area (Å²) in [5.74, 6) is 0.0473. The lowest BCUT2D eigenvalue weighted by molar-refractivity contribution is -0.130. The summed E-state index contributed by atoms with van der Waals surface area (Å²) >= 11 is 0. The Kier molecular flexibility index (Phi) is 5.33.